The summed E-state index contributed by atoms with van der Waals surface area (Å²) in [6.07, 6.45) is 2.28. The van der Waals surface area contributed by atoms with E-state index in [1.165, 1.54) is 6.20 Å². The van der Waals surface area contributed by atoms with Gasteiger partial charge >= 0.3 is 0 Å². The SMILES string of the molecule is CCOc1ccccc1-c1[nH]ncc1C=O. The van der Waals surface area contributed by atoms with Crippen molar-refractivity contribution in [1.29, 1.82) is 0 Å². The zero-order chi connectivity index (χ0) is 11.4. The summed E-state index contributed by atoms with van der Waals surface area (Å²) in [5, 5.41) is 6.67. The zero-order valence-corrected chi connectivity index (χ0v) is 8.93. The Bertz CT molecular complexity index is 491. The molecule has 0 amide bonds. The molecule has 0 aliphatic rings. The highest BCUT2D eigenvalue weighted by molar-refractivity contribution is 5.86. The maximum Gasteiger partial charge on any atom is 0.153 e. The van der Waals surface area contributed by atoms with Gasteiger partial charge < -0.3 is 4.74 Å². The van der Waals surface area contributed by atoms with Crippen molar-refractivity contribution >= 4 is 6.29 Å². The van der Waals surface area contributed by atoms with E-state index in [-0.39, 0.29) is 0 Å². The fourth-order valence-electron chi connectivity index (χ4n) is 1.56. The third kappa shape index (κ3) is 1.82. The van der Waals surface area contributed by atoms with Gasteiger partial charge in [0.2, 0.25) is 0 Å². The molecule has 4 nitrogen and oxygen atoms in total. The maximum atomic E-state index is 10.8. The molecule has 1 heterocycles. The Labute approximate surface area is 93.3 Å². The first kappa shape index (κ1) is 10.4. The number of nitrogens with one attached hydrogen (secondary N) is 1. The lowest BCUT2D eigenvalue weighted by Crippen LogP contribution is -1.95. The molecule has 0 bridgehead atoms. The van der Waals surface area contributed by atoms with Gasteiger partial charge in [-0.15, -0.1) is 0 Å². The zero-order valence-electron chi connectivity index (χ0n) is 8.93. The highest BCUT2D eigenvalue weighted by Gasteiger charge is 2.11. The minimum Gasteiger partial charge on any atom is -0.493 e. The average molecular weight is 216 g/mol. The molecular formula is C12H12N2O2. The Kier molecular flexibility index (Phi) is 3.00. The van der Waals surface area contributed by atoms with Crippen LogP contribution in [-0.2, 0) is 0 Å². The summed E-state index contributed by atoms with van der Waals surface area (Å²) in [6, 6.07) is 7.55. The molecule has 4 heteroatoms. The third-order valence-corrected chi connectivity index (χ3v) is 2.25. The number of nitrogens with zero attached hydrogens (tertiary/aromatic N) is 1. The van der Waals surface area contributed by atoms with Crippen molar-refractivity contribution in [1.82, 2.24) is 10.2 Å². The fraction of sp³-hybridized carbons (Fsp3) is 0.167. The largest absolute Gasteiger partial charge is 0.493 e. The molecule has 0 saturated heterocycles. The smallest absolute Gasteiger partial charge is 0.153 e. The van der Waals surface area contributed by atoms with Crippen LogP contribution in [0.25, 0.3) is 11.3 Å². The summed E-state index contributed by atoms with van der Waals surface area (Å²) in [6.45, 7) is 2.51. The van der Waals surface area contributed by atoms with E-state index in [1.807, 2.05) is 31.2 Å². The minimum atomic E-state index is 0.534. The van der Waals surface area contributed by atoms with E-state index in [1.54, 1.807) is 0 Å². The van der Waals surface area contributed by atoms with Gasteiger partial charge in [-0.1, -0.05) is 12.1 Å². The molecule has 0 fully saturated rings. The predicted octanol–water partition coefficient (Wildman–Crippen LogP) is 2.29. The summed E-state index contributed by atoms with van der Waals surface area (Å²) in [5.41, 5.74) is 2.08. The standard InChI is InChI=1S/C12H12N2O2/c1-2-16-11-6-4-3-5-10(11)12-9(8-15)7-13-14-12/h3-8H,2H2,1H3,(H,13,14). The van der Waals surface area contributed by atoms with Crippen molar-refractivity contribution in [2.45, 2.75) is 6.92 Å². The summed E-state index contributed by atoms with van der Waals surface area (Å²) >= 11 is 0. The Morgan fingerprint density at radius 1 is 1.44 bits per heavy atom. The van der Waals surface area contributed by atoms with Gasteiger partial charge in [0.15, 0.2) is 6.29 Å². The number of aromatic amines is 1. The van der Waals surface area contributed by atoms with Crippen LogP contribution in [-0.4, -0.2) is 23.1 Å². The molecule has 1 aromatic heterocycles. The minimum absolute atomic E-state index is 0.534. The van der Waals surface area contributed by atoms with Gasteiger partial charge in [-0.05, 0) is 19.1 Å². The predicted molar refractivity (Wildman–Crippen MR) is 60.6 cm³/mol. The van der Waals surface area contributed by atoms with Crippen molar-refractivity contribution < 1.29 is 9.53 Å². The maximum absolute atomic E-state index is 10.8. The lowest BCUT2D eigenvalue weighted by molar-refractivity contribution is 0.112. The summed E-state index contributed by atoms with van der Waals surface area (Å²) < 4.78 is 5.50. The van der Waals surface area contributed by atoms with Gasteiger partial charge in [0.25, 0.3) is 0 Å². The van der Waals surface area contributed by atoms with Crippen molar-refractivity contribution in [3.8, 4) is 17.0 Å². The van der Waals surface area contributed by atoms with Gasteiger partial charge in [0, 0.05) is 5.56 Å². The van der Waals surface area contributed by atoms with Crippen LogP contribution in [0.3, 0.4) is 0 Å². The number of benzene rings is 1. The molecule has 0 aliphatic carbocycles. The molecule has 2 aromatic rings. The molecule has 0 saturated carbocycles. The number of H-pyrrole nitrogens is 1. The Hall–Kier alpha value is -2.10. The Morgan fingerprint density at radius 2 is 2.25 bits per heavy atom. The quantitative estimate of drug-likeness (QED) is 0.798. The van der Waals surface area contributed by atoms with Crippen LogP contribution in [0.1, 0.15) is 17.3 Å². The normalized spacial score (nSPS) is 10.1. The van der Waals surface area contributed by atoms with E-state index in [2.05, 4.69) is 10.2 Å². The van der Waals surface area contributed by atoms with E-state index < -0.39 is 0 Å². The second kappa shape index (κ2) is 4.61. The number of hydrogen-bond donors (Lipinski definition) is 1. The van der Waals surface area contributed by atoms with Gasteiger partial charge in [0.05, 0.1) is 24.1 Å². The van der Waals surface area contributed by atoms with Crippen molar-refractivity contribution in [3.05, 3.63) is 36.0 Å². The average Bonchev–Trinajstić information content (AvgIpc) is 2.78. The van der Waals surface area contributed by atoms with Crippen LogP contribution in [0.4, 0.5) is 0 Å². The van der Waals surface area contributed by atoms with Crippen LogP contribution in [0, 0.1) is 0 Å². The monoisotopic (exact) mass is 216 g/mol. The topological polar surface area (TPSA) is 55.0 Å². The number of ether oxygens (including phenoxy) is 1. The molecule has 0 aliphatic heterocycles. The molecule has 82 valence electrons. The van der Waals surface area contributed by atoms with E-state index >= 15 is 0 Å². The van der Waals surface area contributed by atoms with Gasteiger partial charge in [-0.3, -0.25) is 9.89 Å². The van der Waals surface area contributed by atoms with Gasteiger partial charge in [-0.2, -0.15) is 5.10 Å². The summed E-state index contributed by atoms with van der Waals surface area (Å²) in [5.74, 6) is 0.748. The number of carbonyl (C=O) groups excluding carboxylic acids is 1. The second-order valence-electron chi connectivity index (χ2n) is 3.25. The molecule has 0 spiro atoms. The van der Waals surface area contributed by atoms with E-state index in [4.69, 9.17) is 4.74 Å². The van der Waals surface area contributed by atoms with E-state index in [0.29, 0.717) is 17.9 Å². The fourth-order valence-corrected chi connectivity index (χ4v) is 1.56. The molecule has 1 N–H and O–H groups in total. The van der Waals surface area contributed by atoms with Gasteiger partial charge in [-0.25, -0.2) is 0 Å². The number of rotatable bonds is 4. The molecule has 0 radical (unpaired) electrons. The third-order valence-electron chi connectivity index (χ3n) is 2.25. The van der Waals surface area contributed by atoms with E-state index in [0.717, 1.165) is 17.6 Å². The highest BCUT2D eigenvalue weighted by Crippen LogP contribution is 2.29. The molecule has 2 rings (SSSR count). The van der Waals surface area contributed by atoms with Crippen molar-refractivity contribution in [2.75, 3.05) is 6.61 Å². The highest BCUT2D eigenvalue weighted by atomic mass is 16.5. The number of para-hydroxylation sites is 1. The van der Waals surface area contributed by atoms with Crippen LogP contribution < -0.4 is 4.74 Å². The number of carbonyl (C=O) groups is 1. The van der Waals surface area contributed by atoms with Crippen LogP contribution in [0.5, 0.6) is 5.75 Å². The first-order valence-electron chi connectivity index (χ1n) is 5.07. The van der Waals surface area contributed by atoms with Crippen LogP contribution >= 0.6 is 0 Å². The second-order valence-corrected chi connectivity index (χ2v) is 3.25. The molecule has 0 unspecified atom stereocenters. The number of aromatic nitrogens is 2. The van der Waals surface area contributed by atoms with Gasteiger partial charge in [0.1, 0.15) is 5.75 Å². The Balaban J connectivity index is 2.50. The molecule has 1 aromatic carbocycles. The lowest BCUT2D eigenvalue weighted by Gasteiger charge is -2.08. The van der Waals surface area contributed by atoms with Crippen molar-refractivity contribution in [2.24, 2.45) is 0 Å². The first-order valence-corrected chi connectivity index (χ1v) is 5.07. The number of hydrogen-bond acceptors (Lipinski definition) is 3. The van der Waals surface area contributed by atoms with Crippen LogP contribution in [0.2, 0.25) is 0 Å². The number of aldehydes is 1. The Morgan fingerprint density at radius 3 is 3.00 bits per heavy atom. The molecule has 16 heavy (non-hydrogen) atoms. The van der Waals surface area contributed by atoms with E-state index in [9.17, 15) is 4.79 Å². The summed E-state index contributed by atoms with van der Waals surface area (Å²) in [7, 11) is 0. The first-order chi connectivity index (χ1) is 7.86. The lowest BCUT2D eigenvalue weighted by atomic mass is 10.1. The van der Waals surface area contributed by atoms with Crippen molar-refractivity contribution in [3.63, 3.8) is 0 Å². The molecular weight excluding hydrogens is 204 g/mol. The summed E-state index contributed by atoms with van der Waals surface area (Å²) in [4.78, 5) is 10.8. The molecule has 0 atom stereocenters. The van der Waals surface area contributed by atoms with Crippen LogP contribution in [0.15, 0.2) is 30.5 Å².